The lowest BCUT2D eigenvalue weighted by Gasteiger charge is -2.09. The van der Waals surface area contributed by atoms with Gasteiger partial charge in [0, 0.05) is 12.1 Å². The highest BCUT2D eigenvalue weighted by atomic mass is 19.4. The van der Waals surface area contributed by atoms with Crippen LogP contribution in [0, 0.1) is 5.82 Å². The Morgan fingerprint density at radius 2 is 1.50 bits per heavy atom. The van der Waals surface area contributed by atoms with Gasteiger partial charge in [0.2, 0.25) is 5.91 Å². The number of rotatable bonds is 8. The van der Waals surface area contributed by atoms with E-state index in [0.717, 1.165) is 17.7 Å². The number of hydrogen-bond donors (Lipinski definition) is 2. The minimum absolute atomic E-state index is 0.165. The van der Waals surface area contributed by atoms with Crippen molar-refractivity contribution in [2.75, 3.05) is 13.2 Å². The molecule has 0 aliphatic heterocycles. The monoisotopic (exact) mass is 398 g/mol. The van der Waals surface area contributed by atoms with Crippen LogP contribution in [0.25, 0.3) is 0 Å². The molecular formula is C19H18F4N2O3. The molecule has 0 unspecified atom stereocenters. The number of carbonyl (C=O) groups is 2. The smallest absolute Gasteiger partial charge is 0.367 e. The van der Waals surface area contributed by atoms with Crippen LogP contribution in [0.5, 0.6) is 0 Å². The van der Waals surface area contributed by atoms with Gasteiger partial charge in [0.1, 0.15) is 12.4 Å². The van der Waals surface area contributed by atoms with Gasteiger partial charge in [-0.1, -0.05) is 24.3 Å². The molecule has 0 saturated carbocycles. The van der Waals surface area contributed by atoms with Crippen molar-refractivity contribution in [2.24, 2.45) is 0 Å². The van der Waals surface area contributed by atoms with E-state index in [2.05, 4.69) is 15.4 Å². The fourth-order valence-corrected chi connectivity index (χ4v) is 2.16. The molecule has 0 atom stereocenters. The summed E-state index contributed by atoms with van der Waals surface area (Å²) in [7, 11) is 0. The molecule has 0 aliphatic carbocycles. The molecule has 2 N–H and O–H groups in total. The molecule has 0 aromatic heterocycles. The average molecular weight is 398 g/mol. The van der Waals surface area contributed by atoms with Crippen molar-refractivity contribution >= 4 is 11.8 Å². The Bertz CT molecular complexity index is 790. The molecule has 0 radical (unpaired) electrons. The maximum atomic E-state index is 12.8. The van der Waals surface area contributed by atoms with Crippen molar-refractivity contribution in [3.63, 3.8) is 0 Å². The van der Waals surface area contributed by atoms with E-state index in [0.29, 0.717) is 5.56 Å². The van der Waals surface area contributed by atoms with E-state index in [1.54, 1.807) is 24.3 Å². The Morgan fingerprint density at radius 1 is 0.893 bits per heavy atom. The molecule has 0 spiro atoms. The first-order valence-corrected chi connectivity index (χ1v) is 8.26. The minimum Gasteiger partial charge on any atom is -0.367 e. The molecule has 2 aromatic rings. The van der Waals surface area contributed by atoms with Crippen LogP contribution in [0.2, 0.25) is 0 Å². The Hall–Kier alpha value is -2.94. The summed E-state index contributed by atoms with van der Waals surface area (Å²) in [5.41, 5.74) is 1.54. The van der Waals surface area contributed by atoms with Gasteiger partial charge in [0.15, 0.2) is 0 Å². The minimum atomic E-state index is -4.36. The number of amides is 2. The highest BCUT2D eigenvalue weighted by molar-refractivity contribution is 5.96. The molecule has 0 aliphatic rings. The van der Waals surface area contributed by atoms with E-state index in [1.165, 1.54) is 12.1 Å². The van der Waals surface area contributed by atoms with Crippen LogP contribution in [-0.4, -0.2) is 31.1 Å². The molecule has 2 amide bonds. The Morgan fingerprint density at radius 3 is 2.11 bits per heavy atom. The molecule has 9 heteroatoms. The number of nitrogens with one attached hydrogen (secondary N) is 2. The summed E-state index contributed by atoms with van der Waals surface area (Å²) in [5, 5.41) is 5.02. The molecule has 2 aromatic carbocycles. The van der Waals surface area contributed by atoms with Gasteiger partial charge in [0.05, 0.1) is 13.2 Å². The van der Waals surface area contributed by atoms with Crippen molar-refractivity contribution in [2.45, 2.75) is 19.3 Å². The summed E-state index contributed by atoms with van der Waals surface area (Å²) in [4.78, 5) is 23.6. The molecule has 5 nitrogen and oxygen atoms in total. The third-order valence-electron chi connectivity index (χ3n) is 3.56. The Labute approximate surface area is 158 Å². The predicted octanol–water partition coefficient (Wildman–Crippen LogP) is 2.95. The zero-order valence-corrected chi connectivity index (χ0v) is 14.7. The summed E-state index contributed by atoms with van der Waals surface area (Å²) < 4.78 is 53.4. The number of benzene rings is 2. The molecule has 150 valence electrons. The largest absolute Gasteiger partial charge is 0.411 e. The van der Waals surface area contributed by atoms with Gasteiger partial charge < -0.3 is 15.4 Å². The second-order valence-corrected chi connectivity index (χ2v) is 5.89. The van der Waals surface area contributed by atoms with E-state index in [9.17, 15) is 27.2 Å². The van der Waals surface area contributed by atoms with Crippen LogP contribution in [0.3, 0.4) is 0 Å². The summed E-state index contributed by atoms with van der Waals surface area (Å²) in [6.07, 6.45) is -4.36. The number of halogens is 4. The van der Waals surface area contributed by atoms with E-state index >= 15 is 0 Å². The summed E-state index contributed by atoms with van der Waals surface area (Å²) >= 11 is 0. The highest BCUT2D eigenvalue weighted by Gasteiger charge is 2.27. The van der Waals surface area contributed by atoms with Gasteiger partial charge in [-0.2, -0.15) is 13.2 Å². The topological polar surface area (TPSA) is 67.4 Å². The zero-order chi connectivity index (χ0) is 20.6. The number of ether oxygens (including phenoxy) is 1. The number of alkyl halides is 3. The van der Waals surface area contributed by atoms with Crippen LogP contribution in [-0.2, 0) is 22.7 Å². The molecule has 2 rings (SSSR count). The average Bonchev–Trinajstić information content (AvgIpc) is 2.65. The highest BCUT2D eigenvalue weighted by Crippen LogP contribution is 2.15. The first-order chi connectivity index (χ1) is 13.2. The van der Waals surface area contributed by atoms with E-state index in [-0.39, 0.29) is 25.3 Å². The van der Waals surface area contributed by atoms with Crippen LogP contribution in [0.15, 0.2) is 48.5 Å². The SMILES string of the molecule is O=C(CNC(=O)c1ccc(F)cc1)NCc1ccc(COCC(F)(F)F)cc1. The fourth-order valence-electron chi connectivity index (χ4n) is 2.16. The van der Waals surface area contributed by atoms with Gasteiger partial charge in [-0.15, -0.1) is 0 Å². The third-order valence-corrected chi connectivity index (χ3v) is 3.56. The lowest BCUT2D eigenvalue weighted by atomic mass is 10.1. The van der Waals surface area contributed by atoms with Crippen molar-refractivity contribution in [1.82, 2.24) is 10.6 Å². The fraction of sp³-hybridized carbons (Fsp3) is 0.263. The maximum Gasteiger partial charge on any atom is 0.411 e. The molecule has 28 heavy (non-hydrogen) atoms. The van der Waals surface area contributed by atoms with Gasteiger partial charge >= 0.3 is 6.18 Å². The summed E-state index contributed by atoms with van der Waals surface area (Å²) in [6, 6.07) is 11.4. The molecule has 0 heterocycles. The van der Waals surface area contributed by atoms with Crippen LogP contribution < -0.4 is 10.6 Å². The van der Waals surface area contributed by atoms with Crippen molar-refractivity contribution < 1.29 is 31.9 Å². The molecule has 0 fully saturated rings. The molecular weight excluding hydrogens is 380 g/mol. The second-order valence-electron chi connectivity index (χ2n) is 5.89. The van der Waals surface area contributed by atoms with E-state index in [4.69, 9.17) is 0 Å². The molecule has 0 saturated heterocycles. The van der Waals surface area contributed by atoms with Gasteiger partial charge in [-0.3, -0.25) is 9.59 Å². The van der Waals surface area contributed by atoms with Crippen LogP contribution in [0.4, 0.5) is 17.6 Å². The van der Waals surface area contributed by atoms with Gasteiger partial charge in [0.25, 0.3) is 5.91 Å². The summed E-state index contributed by atoms with van der Waals surface area (Å²) in [5.74, 6) is -1.39. The van der Waals surface area contributed by atoms with Crippen molar-refractivity contribution in [3.05, 3.63) is 71.0 Å². The normalized spacial score (nSPS) is 11.1. The van der Waals surface area contributed by atoms with E-state index in [1.807, 2.05) is 0 Å². The van der Waals surface area contributed by atoms with Crippen molar-refractivity contribution in [1.29, 1.82) is 0 Å². The van der Waals surface area contributed by atoms with Gasteiger partial charge in [-0.05, 0) is 35.4 Å². The quantitative estimate of drug-likeness (QED) is 0.672. The van der Waals surface area contributed by atoms with Crippen LogP contribution in [0.1, 0.15) is 21.5 Å². The predicted molar refractivity (Wildman–Crippen MR) is 92.7 cm³/mol. The summed E-state index contributed by atoms with van der Waals surface area (Å²) in [6.45, 7) is -1.54. The first-order valence-electron chi connectivity index (χ1n) is 8.26. The number of carbonyl (C=O) groups excluding carboxylic acids is 2. The lowest BCUT2D eigenvalue weighted by Crippen LogP contribution is -2.36. The zero-order valence-electron chi connectivity index (χ0n) is 14.7. The molecule has 0 bridgehead atoms. The Balaban J connectivity index is 1.70. The second kappa shape index (κ2) is 9.84. The number of hydrogen-bond acceptors (Lipinski definition) is 3. The third kappa shape index (κ3) is 7.75. The van der Waals surface area contributed by atoms with Crippen LogP contribution >= 0.6 is 0 Å². The standard InChI is InChI=1S/C19H18F4N2O3/c20-16-7-5-15(6-8-16)18(27)25-10-17(26)24-9-13-1-3-14(4-2-13)11-28-12-19(21,22)23/h1-8H,9-12H2,(H,24,26)(H,25,27). The first kappa shape index (κ1) is 21.4. The Kier molecular flexibility index (Phi) is 7.51. The van der Waals surface area contributed by atoms with Gasteiger partial charge in [-0.25, -0.2) is 4.39 Å². The maximum absolute atomic E-state index is 12.8. The van der Waals surface area contributed by atoms with Crippen molar-refractivity contribution in [3.8, 4) is 0 Å². The lowest BCUT2D eigenvalue weighted by molar-refractivity contribution is -0.176. The van der Waals surface area contributed by atoms with E-state index < -0.39 is 30.4 Å².